The zero-order chi connectivity index (χ0) is 11.5. The minimum absolute atomic E-state index is 0.0366. The lowest BCUT2D eigenvalue weighted by Crippen LogP contribution is -2.20. The summed E-state index contributed by atoms with van der Waals surface area (Å²) in [4.78, 5) is 27.4. The van der Waals surface area contributed by atoms with Gasteiger partial charge < -0.3 is 9.30 Å². The molecule has 1 aliphatic rings. The molecule has 2 rings (SSSR count). The highest BCUT2D eigenvalue weighted by atomic mass is 16.5. The molecule has 2 heterocycles. The van der Waals surface area contributed by atoms with Crippen LogP contribution in [0.2, 0.25) is 0 Å². The number of ketones is 2. The number of hydrogen-bond donors (Lipinski definition) is 0. The summed E-state index contributed by atoms with van der Waals surface area (Å²) in [5.41, 5.74) is 0. The first-order chi connectivity index (χ1) is 7.68. The molecule has 5 nitrogen and oxygen atoms in total. The van der Waals surface area contributed by atoms with E-state index in [-0.39, 0.29) is 23.9 Å². The summed E-state index contributed by atoms with van der Waals surface area (Å²) >= 11 is 0. The summed E-state index contributed by atoms with van der Waals surface area (Å²) in [7, 11) is 1.74. The van der Waals surface area contributed by atoms with E-state index in [2.05, 4.69) is 4.98 Å². The largest absolute Gasteiger partial charge is 0.381 e. The lowest BCUT2D eigenvalue weighted by molar-refractivity contribution is -0.121. The molecule has 1 aliphatic heterocycles. The molecule has 16 heavy (non-hydrogen) atoms. The van der Waals surface area contributed by atoms with Crippen molar-refractivity contribution in [3.05, 3.63) is 18.2 Å². The molecular weight excluding hydrogens is 208 g/mol. The van der Waals surface area contributed by atoms with E-state index in [1.54, 1.807) is 24.0 Å². The summed E-state index contributed by atoms with van der Waals surface area (Å²) in [6.07, 6.45) is 3.90. The van der Waals surface area contributed by atoms with Crippen molar-refractivity contribution in [2.24, 2.45) is 13.0 Å². The van der Waals surface area contributed by atoms with Crippen LogP contribution in [-0.4, -0.2) is 34.3 Å². The van der Waals surface area contributed by atoms with E-state index in [0.717, 1.165) is 6.42 Å². The quantitative estimate of drug-likeness (QED) is 0.553. The van der Waals surface area contributed by atoms with Gasteiger partial charge >= 0.3 is 0 Å². The van der Waals surface area contributed by atoms with Gasteiger partial charge in [0.2, 0.25) is 5.78 Å². The molecule has 0 aliphatic carbocycles. The van der Waals surface area contributed by atoms with Crippen LogP contribution in [0.1, 0.15) is 23.5 Å². The number of imidazole rings is 1. The number of nitrogens with zero attached hydrogens (tertiary/aromatic N) is 2. The second kappa shape index (κ2) is 4.57. The normalized spacial score (nSPS) is 19.9. The first kappa shape index (κ1) is 11.0. The standard InChI is InChI=1S/C11H14N2O3/c1-13-4-3-12-11(13)10(15)6-9(14)8-2-5-16-7-8/h3-4,8H,2,5-7H2,1H3. The predicted molar refractivity (Wildman–Crippen MR) is 56.1 cm³/mol. The Bertz CT molecular complexity index is 405. The van der Waals surface area contributed by atoms with Crippen LogP contribution in [-0.2, 0) is 16.6 Å². The number of carbonyl (C=O) groups is 2. The van der Waals surface area contributed by atoms with Crippen LogP contribution in [0.5, 0.6) is 0 Å². The maximum atomic E-state index is 11.7. The Kier molecular flexibility index (Phi) is 3.14. The fraction of sp³-hybridized carbons (Fsp3) is 0.545. The molecule has 0 bridgehead atoms. The van der Waals surface area contributed by atoms with E-state index in [1.165, 1.54) is 0 Å². The number of aromatic nitrogens is 2. The van der Waals surface area contributed by atoms with Gasteiger partial charge in [-0.25, -0.2) is 4.98 Å². The average molecular weight is 222 g/mol. The van der Waals surface area contributed by atoms with Crippen molar-refractivity contribution in [1.29, 1.82) is 0 Å². The summed E-state index contributed by atoms with van der Waals surface area (Å²) in [6.45, 7) is 1.07. The number of aryl methyl sites for hydroxylation is 1. The first-order valence-electron chi connectivity index (χ1n) is 5.29. The van der Waals surface area contributed by atoms with Crippen molar-refractivity contribution in [2.45, 2.75) is 12.8 Å². The van der Waals surface area contributed by atoms with Gasteiger partial charge in [-0.1, -0.05) is 0 Å². The zero-order valence-electron chi connectivity index (χ0n) is 9.18. The SMILES string of the molecule is Cn1ccnc1C(=O)CC(=O)C1CCOC1. The Hall–Kier alpha value is -1.49. The molecule has 0 aromatic carbocycles. The van der Waals surface area contributed by atoms with Gasteiger partial charge in [0.1, 0.15) is 5.78 Å². The molecular formula is C11H14N2O3. The molecule has 1 aromatic rings. The van der Waals surface area contributed by atoms with Crippen LogP contribution >= 0.6 is 0 Å². The maximum absolute atomic E-state index is 11.7. The van der Waals surface area contributed by atoms with Gasteiger partial charge in [-0.15, -0.1) is 0 Å². The third kappa shape index (κ3) is 2.19. The molecule has 0 N–H and O–H groups in total. The van der Waals surface area contributed by atoms with Crippen molar-refractivity contribution in [1.82, 2.24) is 9.55 Å². The second-order valence-electron chi connectivity index (χ2n) is 3.99. The topological polar surface area (TPSA) is 61.2 Å². The molecule has 1 fully saturated rings. The molecule has 0 radical (unpaired) electrons. The monoisotopic (exact) mass is 222 g/mol. The summed E-state index contributed by atoms with van der Waals surface area (Å²) in [5, 5.41) is 0. The maximum Gasteiger partial charge on any atom is 0.205 e. The van der Waals surface area contributed by atoms with Crippen LogP contribution in [0, 0.1) is 5.92 Å². The summed E-state index contributed by atoms with van der Waals surface area (Å²) < 4.78 is 6.75. The lowest BCUT2D eigenvalue weighted by Gasteiger charge is -2.05. The average Bonchev–Trinajstić information content (AvgIpc) is 2.86. The second-order valence-corrected chi connectivity index (χ2v) is 3.99. The first-order valence-corrected chi connectivity index (χ1v) is 5.29. The van der Waals surface area contributed by atoms with Crippen molar-refractivity contribution in [2.75, 3.05) is 13.2 Å². The van der Waals surface area contributed by atoms with Crippen LogP contribution < -0.4 is 0 Å². The van der Waals surface area contributed by atoms with Crippen LogP contribution in [0.15, 0.2) is 12.4 Å². The minimum Gasteiger partial charge on any atom is -0.381 e. The van der Waals surface area contributed by atoms with E-state index >= 15 is 0 Å². The van der Waals surface area contributed by atoms with E-state index < -0.39 is 0 Å². The number of carbonyl (C=O) groups excluding carboxylic acids is 2. The smallest absolute Gasteiger partial charge is 0.205 e. The third-order valence-electron chi connectivity index (χ3n) is 2.79. The highest BCUT2D eigenvalue weighted by Crippen LogP contribution is 2.16. The van der Waals surface area contributed by atoms with E-state index in [9.17, 15) is 9.59 Å². The fourth-order valence-electron chi connectivity index (χ4n) is 1.80. The highest BCUT2D eigenvalue weighted by molar-refractivity contribution is 6.06. The predicted octanol–water partition coefficient (Wildman–Crippen LogP) is 0.599. The van der Waals surface area contributed by atoms with Crippen molar-refractivity contribution in [3.8, 4) is 0 Å². The fourth-order valence-corrected chi connectivity index (χ4v) is 1.80. The van der Waals surface area contributed by atoms with Gasteiger partial charge in [0.15, 0.2) is 5.82 Å². The van der Waals surface area contributed by atoms with E-state index in [1.807, 2.05) is 0 Å². The van der Waals surface area contributed by atoms with Crippen molar-refractivity contribution in [3.63, 3.8) is 0 Å². The Morgan fingerprint density at radius 1 is 1.62 bits per heavy atom. The molecule has 0 amide bonds. The minimum atomic E-state index is -0.218. The van der Waals surface area contributed by atoms with Crippen LogP contribution in [0.4, 0.5) is 0 Å². The van der Waals surface area contributed by atoms with Gasteiger partial charge in [-0.05, 0) is 6.42 Å². The van der Waals surface area contributed by atoms with Crippen LogP contribution in [0.3, 0.4) is 0 Å². The molecule has 1 unspecified atom stereocenters. The van der Waals surface area contributed by atoms with Gasteiger partial charge in [-0.3, -0.25) is 9.59 Å². The zero-order valence-corrected chi connectivity index (χ0v) is 9.18. The van der Waals surface area contributed by atoms with Gasteiger partial charge in [0.25, 0.3) is 0 Å². The van der Waals surface area contributed by atoms with Crippen LogP contribution in [0.25, 0.3) is 0 Å². The molecule has 1 atom stereocenters. The molecule has 0 saturated carbocycles. The molecule has 1 aromatic heterocycles. The van der Waals surface area contributed by atoms with Gasteiger partial charge in [0.05, 0.1) is 13.0 Å². The van der Waals surface area contributed by atoms with E-state index in [4.69, 9.17) is 4.74 Å². The number of rotatable bonds is 4. The summed E-state index contributed by atoms with van der Waals surface area (Å²) in [6, 6.07) is 0. The number of Topliss-reactive ketones (excluding diaryl/α,β-unsaturated/α-hetero) is 2. The Morgan fingerprint density at radius 3 is 3.00 bits per heavy atom. The Balaban J connectivity index is 1.97. The van der Waals surface area contributed by atoms with Gasteiger partial charge in [0, 0.05) is 32.0 Å². The number of hydrogen-bond acceptors (Lipinski definition) is 4. The molecule has 5 heteroatoms. The number of ether oxygens (including phenoxy) is 1. The van der Waals surface area contributed by atoms with Crippen molar-refractivity contribution >= 4 is 11.6 Å². The molecule has 1 saturated heterocycles. The summed E-state index contributed by atoms with van der Waals surface area (Å²) in [5.74, 6) is -0.0219. The molecule has 0 spiro atoms. The third-order valence-corrected chi connectivity index (χ3v) is 2.79. The van der Waals surface area contributed by atoms with E-state index in [0.29, 0.717) is 19.0 Å². The highest BCUT2D eigenvalue weighted by Gasteiger charge is 2.26. The Morgan fingerprint density at radius 2 is 2.44 bits per heavy atom. The van der Waals surface area contributed by atoms with Gasteiger partial charge in [-0.2, -0.15) is 0 Å². The van der Waals surface area contributed by atoms with Crippen molar-refractivity contribution < 1.29 is 14.3 Å². The lowest BCUT2D eigenvalue weighted by atomic mass is 9.99. The Labute approximate surface area is 93.4 Å². The molecule has 86 valence electrons.